The molecule has 0 bridgehead atoms. The van der Waals surface area contributed by atoms with E-state index in [1.54, 1.807) is 0 Å². The number of halogens is 1. The van der Waals surface area contributed by atoms with Crippen molar-refractivity contribution in [2.45, 2.75) is 32.9 Å². The molecule has 0 amide bonds. The number of hydrogen-bond donors (Lipinski definition) is 1. The molecule has 1 atom stereocenters. The second-order valence-electron chi connectivity index (χ2n) is 8.66. The monoisotopic (exact) mass is 501 g/mol. The van der Waals surface area contributed by atoms with Gasteiger partial charge in [-0.05, 0) is 20.8 Å². The Bertz CT molecular complexity index is 1200. The standard InChI is InChI=1S/C24H28ClN5O5/c1-14(2)35-19-9-16(32-11-15(3)30-4-6-31-7-5-30)8-18-20(19)23(28-12-27-18)29-21-17(25)10-26-24-22(21)33-13-34-24/h8-10,12,14-15H,4-7,11,13H2,1-3H3,(H,26,27,28,29). The van der Waals surface area contributed by atoms with Crippen molar-refractivity contribution in [1.29, 1.82) is 0 Å². The molecule has 1 aromatic carbocycles. The van der Waals surface area contributed by atoms with Crippen molar-refractivity contribution in [3.8, 4) is 23.1 Å². The van der Waals surface area contributed by atoms with Gasteiger partial charge in [0.05, 0.1) is 41.4 Å². The number of nitrogens with one attached hydrogen (secondary N) is 1. The summed E-state index contributed by atoms with van der Waals surface area (Å²) in [6.45, 7) is 10.0. The quantitative estimate of drug-likeness (QED) is 0.486. The van der Waals surface area contributed by atoms with Crippen molar-refractivity contribution in [2.75, 3.05) is 45.0 Å². The summed E-state index contributed by atoms with van der Waals surface area (Å²) in [4.78, 5) is 15.5. The van der Waals surface area contributed by atoms with E-state index < -0.39 is 0 Å². The van der Waals surface area contributed by atoms with Gasteiger partial charge in [-0.3, -0.25) is 4.90 Å². The fraction of sp³-hybridized carbons (Fsp3) is 0.458. The van der Waals surface area contributed by atoms with Crippen molar-refractivity contribution in [3.63, 3.8) is 0 Å². The van der Waals surface area contributed by atoms with Crippen LogP contribution in [0.1, 0.15) is 20.8 Å². The van der Waals surface area contributed by atoms with E-state index in [2.05, 4.69) is 32.1 Å². The molecule has 3 aromatic rings. The van der Waals surface area contributed by atoms with Crippen LogP contribution in [-0.2, 0) is 4.74 Å². The topological polar surface area (TPSA) is 100 Å². The summed E-state index contributed by atoms with van der Waals surface area (Å²) in [5.41, 5.74) is 1.19. The third-order valence-corrected chi connectivity index (χ3v) is 6.08. The maximum atomic E-state index is 6.43. The minimum absolute atomic E-state index is 0.0701. The van der Waals surface area contributed by atoms with E-state index in [1.807, 2.05) is 26.0 Å². The zero-order valence-corrected chi connectivity index (χ0v) is 20.7. The molecule has 0 aliphatic carbocycles. The highest BCUT2D eigenvalue weighted by molar-refractivity contribution is 6.33. The van der Waals surface area contributed by atoms with Crippen molar-refractivity contribution < 1.29 is 23.7 Å². The van der Waals surface area contributed by atoms with Crippen LogP contribution in [0.25, 0.3) is 10.9 Å². The van der Waals surface area contributed by atoms with Crippen molar-refractivity contribution in [3.05, 3.63) is 29.7 Å². The number of rotatable bonds is 8. The van der Waals surface area contributed by atoms with Crippen LogP contribution in [0.5, 0.6) is 23.1 Å². The Hall–Kier alpha value is -3.08. The van der Waals surface area contributed by atoms with Crippen molar-refractivity contribution in [1.82, 2.24) is 19.9 Å². The molecular weight excluding hydrogens is 474 g/mol. The molecule has 1 N–H and O–H groups in total. The molecule has 0 radical (unpaired) electrons. The molecule has 2 aliphatic rings. The molecule has 2 aliphatic heterocycles. The van der Waals surface area contributed by atoms with Gasteiger partial charge >= 0.3 is 0 Å². The third-order valence-electron chi connectivity index (χ3n) is 5.80. The van der Waals surface area contributed by atoms with Gasteiger partial charge in [-0.1, -0.05) is 11.6 Å². The minimum atomic E-state index is -0.0701. The third kappa shape index (κ3) is 5.14. The normalized spacial score (nSPS) is 16.5. The van der Waals surface area contributed by atoms with E-state index in [1.165, 1.54) is 12.5 Å². The lowest BCUT2D eigenvalue weighted by Gasteiger charge is -2.32. The highest BCUT2D eigenvalue weighted by Gasteiger charge is 2.24. The van der Waals surface area contributed by atoms with Gasteiger partial charge in [-0.15, -0.1) is 0 Å². The largest absolute Gasteiger partial charge is 0.492 e. The van der Waals surface area contributed by atoms with E-state index in [9.17, 15) is 0 Å². The van der Waals surface area contributed by atoms with E-state index in [0.717, 1.165) is 26.3 Å². The Balaban J connectivity index is 1.46. The van der Waals surface area contributed by atoms with Gasteiger partial charge in [0.25, 0.3) is 5.88 Å². The van der Waals surface area contributed by atoms with Crippen LogP contribution in [0.3, 0.4) is 0 Å². The molecule has 4 heterocycles. The average Bonchev–Trinajstić information content (AvgIpc) is 3.33. The maximum Gasteiger partial charge on any atom is 0.262 e. The van der Waals surface area contributed by atoms with Crippen LogP contribution in [0, 0.1) is 0 Å². The summed E-state index contributed by atoms with van der Waals surface area (Å²) in [5, 5.41) is 4.36. The Morgan fingerprint density at radius 1 is 1.11 bits per heavy atom. The van der Waals surface area contributed by atoms with Gasteiger partial charge in [-0.2, -0.15) is 0 Å². The second kappa shape index (κ2) is 10.3. The molecule has 11 heteroatoms. The van der Waals surface area contributed by atoms with Crippen LogP contribution in [0.4, 0.5) is 11.5 Å². The van der Waals surface area contributed by atoms with Crippen LogP contribution >= 0.6 is 11.6 Å². The highest BCUT2D eigenvalue weighted by atomic mass is 35.5. The number of ether oxygens (including phenoxy) is 5. The van der Waals surface area contributed by atoms with Crippen molar-refractivity contribution in [2.24, 2.45) is 0 Å². The van der Waals surface area contributed by atoms with E-state index in [4.69, 9.17) is 35.3 Å². The van der Waals surface area contributed by atoms with Gasteiger partial charge in [0.2, 0.25) is 12.5 Å². The molecule has 5 rings (SSSR count). The second-order valence-corrected chi connectivity index (χ2v) is 9.07. The zero-order valence-electron chi connectivity index (χ0n) is 19.9. The summed E-state index contributed by atoms with van der Waals surface area (Å²) in [7, 11) is 0. The van der Waals surface area contributed by atoms with Gasteiger partial charge in [0.1, 0.15) is 35.9 Å². The van der Waals surface area contributed by atoms with E-state index >= 15 is 0 Å². The summed E-state index contributed by atoms with van der Waals surface area (Å²) >= 11 is 6.43. The fourth-order valence-electron chi connectivity index (χ4n) is 4.06. The van der Waals surface area contributed by atoms with E-state index in [-0.39, 0.29) is 18.9 Å². The molecule has 1 unspecified atom stereocenters. The van der Waals surface area contributed by atoms with Gasteiger partial charge < -0.3 is 29.0 Å². The predicted octanol–water partition coefficient (Wildman–Crippen LogP) is 4.04. The Morgan fingerprint density at radius 2 is 1.94 bits per heavy atom. The lowest BCUT2D eigenvalue weighted by molar-refractivity contribution is 0.0105. The molecule has 2 aromatic heterocycles. The van der Waals surface area contributed by atoms with Crippen LogP contribution in [-0.4, -0.2) is 71.7 Å². The number of nitrogens with zero attached hydrogens (tertiary/aromatic N) is 4. The Labute approximate surface area is 208 Å². The van der Waals surface area contributed by atoms with E-state index in [0.29, 0.717) is 57.2 Å². The van der Waals surface area contributed by atoms with Gasteiger partial charge in [0.15, 0.2) is 0 Å². The van der Waals surface area contributed by atoms with Crippen LogP contribution in [0.15, 0.2) is 24.7 Å². The number of benzene rings is 1. The highest BCUT2D eigenvalue weighted by Crippen LogP contribution is 2.44. The molecule has 0 spiro atoms. The van der Waals surface area contributed by atoms with Gasteiger partial charge in [0, 0.05) is 31.3 Å². The number of anilines is 2. The first kappa shape index (κ1) is 23.7. The van der Waals surface area contributed by atoms with Crippen molar-refractivity contribution >= 4 is 34.0 Å². The molecule has 10 nitrogen and oxygen atoms in total. The number of hydrogen-bond acceptors (Lipinski definition) is 10. The smallest absolute Gasteiger partial charge is 0.262 e. The molecule has 0 saturated carbocycles. The summed E-state index contributed by atoms with van der Waals surface area (Å²) in [6.07, 6.45) is 2.92. The number of aromatic nitrogens is 3. The molecule has 35 heavy (non-hydrogen) atoms. The first-order valence-corrected chi connectivity index (χ1v) is 12.0. The summed E-state index contributed by atoms with van der Waals surface area (Å²) in [6, 6.07) is 4.02. The first-order valence-electron chi connectivity index (χ1n) is 11.6. The fourth-order valence-corrected chi connectivity index (χ4v) is 4.25. The Kier molecular flexibility index (Phi) is 6.94. The number of morpholine rings is 1. The molecular formula is C24H28ClN5O5. The SMILES string of the molecule is CC(C)Oc1cc(OCC(C)N2CCOCC2)cc2ncnc(Nc3c(Cl)cnc4c3OCO4)c12. The Morgan fingerprint density at radius 3 is 2.74 bits per heavy atom. The maximum absolute atomic E-state index is 6.43. The first-order chi connectivity index (χ1) is 17.0. The number of pyridine rings is 1. The average molecular weight is 502 g/mol. The van der Waals surface area contributed by atoms with Crippen LogP contribution < -0.4 is 24.3 Å². The van der Waals surface area contributed by atoms with Gasteiger partial charge in [-0.25, -0.2) is 15.0 Å². The number of fused-ring (bicyclic) bond motifs is 2. The summed E-state index contributed by atoms with van der Waals surface area (Å²) < 4.78 is 28.8. The molecule has 186 valence electrons. The predicted molar refractivity (Wildman–Crippen MR) is 131 cm³/mol. The minimum Gasteiger partial charge on any atom is -0.492 e. The lowest BCUT2D eigenvalue weighted by atomic mass is 10.2. The molecule has 1 fully saturated rings. The van der Waals surface area contributed by atoms with Crippen LogP contribution in [0.2, 0.25) is 5.02 Å². The molecule has 1 saturated heterocycles. The zero-order chi connectivity index (χ0) is 24.4. The summed E-state index contributed by atoms with van der Waals surface area (Å²) in [5.74, 6) is 2.61. The lowest BCUT2D eigenvalue weighted by Crippen LogP contribution is -2.44.